The Balaban J connectivity index is 1.74. The third-order valence-corrected chi connectivity index (χ3v) is 6.46. The molecule has 2 aliphatic heterocycles. The minimum atomic E-state index is -1.41. The molecule has 0 aliphatic carbocycles. The maximum atomic E-state index is 13.4. The summed E-state index contributed by atoms with van der Waals surface area (Å²) < 4.78 is 0. The van der Waals surface area contributed by atoms with Crippen LogP contribution in [-0.4, -0.2) is 45.5 Å². The lowest BCUT2D eigenvalue weighted by Crippen LogP contribution is -2.68. The molecule has 1 saturated heterocycles. The quantitative estimate of drug-likeness (QED) is 0.837. The molecule has 0 saturated carbocycles. The number of hydrogen-bond acceptors (Lipinski definition) is 6. The van der Waals surface area contributed by atoms with Crippen LogP contribution in [0.2, 0.25) is 0 Å². The number of carbonyl (C=O) groups excluding carboxylic acids is 3. The Labute approximate surface area is 166 Å². The molecule has 3 heterocycles. The van der Waals surface area contributed by atoms with Crippen molar-refractivity contribution in [1.82, 2.24) is 15.1 Å². The van der Waals surface area contributed by atoms with Crippen molar-refractivity contribution in [2.45, 2.75) is 44.7 Å². The summed E-state index contributed by atoms with van der Waals surface area (Å²) in [5, 5.41) is 12.1. The van der Waals surface area contributed by atoms with Crippen LogP contribution in [0.3, 0.4) is 0 Å². The molecule has 1 N–H and O–H groups in total. The maximum absolute atomic E-state index is 13.4. The second-order valence-electron chi connectivity index (χ2n) is 8.04. The van der Waals surface area contributed by atoms with Crippen LogP contribution in [0.15, 0.2) is 24.3 Å². The fourth-order valence-electron chi connectivity index (χ4n) is 3.70. The van der Waals surface area contributed by atoms with Crippen LogP contribution in [-0.2, 0) is 15.0 Å². The molecular formula is C19H21N5O3S. The third-order valence-electron chi connectivity index (χ3n) is 5.19. The van der Waals surface area contributed by atoms with E-state index in [1.165, 1.54) is 21.1 Å². The van der Waals surface area contributed by atoms with Gasteiger partial charge in [-0.05, 0) is 12.1 Å². The Morgan fingerprint density at radius 3 is 2.61 bits per heavy atom. The lowest BCUT2D eigenvalue weighted by molar-refractivity contribution is -0.128. The number of nitrogens with one attached hydrogen (secondary N) is 1. The van der Waals surface area contributed by atoms with Crippen LogP contribution >= 0.6 is 11.3 Å². The fourth-order valence-corrected chi connectivity index (χ4v) is 4.50. The van der Waals surface area contributed by atoms with Crippen molar-refractivity contribution in [3.63, 3.8) is 0 Å². The van der Waals surface area contributed by atoms with Crippen molar-refractivity contribution in [2.24, 2.45) is 0 Å². The zero-order valence-electron chi connectivity index (χ0n) is 16.1. The number of hydrogen-bond donors (Lipinski definition) is 1. The van der Waals surface area contributed by atoms with Crippen molar-refractivity contribution >= 4 is 39.9 Å². The second-order valence-corrected chi connectivity index (χ2v) is 9.02. The standard InChI is InChI=1S/C19H21N5O3S/c1-18(2,3)16-21-22-17(28-16)20-15(27)19-10-9-13(25)24(19)12-8-6-5-7-11(12)14(26)23(19)4/h5-8H,9-10H2,1-4H3,(H,20,22,27)/t19-/m0/s1. The van der Waals surface area contributed by atoms with Crippen LogP contribution in [0, 0.1) is 0 Å². The third kappa shape index (κ3) is 2.53. The summed E-state index contributed by atoms with van der Waals surface area (Å²) in [6, 6.07) is 6.87. The van der Waals surface area contributed by atoms with Gasteiger partial charge in [0.25, 0.3) is 11.8 Å². The van der Waals surface area contributed by atoms with E-state index >= 15 is 0 Å². The van der Waals surface area contributed by atoms with Crippen molar-refractivity contribution in [1.29, 1.82) is 0 Å². The molecule has 0 spiro atoms. The molecule has 4 rings (SSSR count). The highest BCUT2D eigenvalue weighted by atomic mass is 32.1. The molecule has 146 valence electrons. The number of aromatic nitrogens is 2. The first-order valence-electron chi connectivity index (χ1n) is 9.02. The molecule has 0 bridgehead atoms. The van der Waals surface area contributed by atoms with Crippen LogP contribution in [0.5, 0.6) is 0 Å². The van der Waals surface area contributed by atoms with Crippen LogP contribution in [0.1, 0.15) is 49.0 Å². The summed E-state index contributed by atoms with van der Waals surface area (Å²) in [6.45, 7) is 6.04. The minimum absolute atomic E-state index is 0.183. The first-order valence-corrected chi connectivity index (χ1v) is 9.83. The fraction of sp³-hybridized carbons (Fsp3) is 0.421. The Morgan fingerprint density at radius 2 is 1.93 bits per heavy atom. The number of fused-ring (bicyclic) bond motifs is 3. The first kappa shape index (κ1) is 18.5. The van der Waals surface area contributed by atoms with E-state index in [-0.39, 0.29) is 30.1 Å². The smallest absolute Gasteiger partial charge is 0.273 e. The predicted molar refractivity (Wildman–Crippen MR) is 105 cm³/mol. The number of amides is 3. The predicted octanol–water partition coefficient (Wildman–Crippen LogP) is 2.38. The lowest BCUT2D eigenvalue weighted by Gasteiger charge is -2.47. The van der Waals surface area contributed by atoms with Gasteiger partial charge in [-0.2, -0.15) is 0 Å². The number of nitrogens with zero attached hydrogens (tertiary/aromatic N) is 4. The van der Waals surface area contributed by atoms with Crippen molar-refractivity contribution in [3.8, 4) is 0 Å². The van der Waals surface area contributed by atoms with Crippen LogP contribution in [0.4, 0.5) is 10.8 Å². The summed E-state index contributed by atoms with van der Waals surface area (Å²) in [4.78, 5) is 41.8. The minimum Gasteiger partial charge on any atom is -0.310 e. The Bertz CT molecular complexity index is 995. The van der Waals surface area contributed by atoms with Gasteiger partial charge in [0.15, 0.2) is 0 Å². The molecule has 1 aromatic carbocycles. The number of likely N-dealkylation sites (N-methyl/N-ethyl adjacent to an activating group) is 1. The van der Waals surface area contributed by atoms with Gasteiger partial charge in [0, 0.05) is 25.3 Å². The molecule has 2 aromatic rings. The molecule has 1 aromatic heterocycles. The molecule has 0 radical (unpaired) electrons. The van der Waals surface area contributed by atoms with Crippen molar-refractivity contribution < 1.29 is 14.4 Å². The maximum Gasteiger partial charge on any atom is 0.273 e. The monoisotopic (exact) mass is 399 g/mol. The van der Waals surface area contributed by atoms with E-state index in [0.29, 0.717) is 16.4 Å². The molecule has 9 heteroatoms. The van der Waals surface area contributed by atoms with Crippen molar-refractivity contribution in [2.75, 3.05) is 17.3 Å². The zero-order chi connectivity index (χ0) is 20.3. The van der Waals surface area contributed by atoms with E-state index in [1.807, 2.05) is 20.8 Å². The zero-order valence-corrected chi connectivity index (χ0v) is 17.0. The van der Waals surface area contributed by atoms with E-state index in [1.54, 1.807) is 31.3 Å². The molecule has 1 fully saturated rings. The topological polar surface area (TPSA) is 95.5 Å². The Hall–Kier alpha value is -2.81. The van der Waals surface area contributed by atoms with E-state index in [2.05, 4.69) is 15.5 Å². The number of rotatable bonds is 2. The van der Waals surface area contributed by atoms with Gasteiger partial charge in [-0.25, -0.2) is 0 Å². The average molecular weight is 399 g/mol. The van der Waals surface area contributed by atoms with Crippen LogP contribution in [0.25, 0.3) is 0 Å². The summed E-state index contributed by atoms with van der Waals surface area (Å²) in [7, 11) is 1.56. The SMILES string of the molecule is CN1C(=O)c2ccccc2N2C(=O)CC[C@]12C(=O)Nc1nnc(C(C)(C)C)s1. The molecule has 2 aliphatic rings. The van der Waals surface area contributed by atoms with Gasteiger partial charge in [0.05, 0.1) is 11.3 Å². The Kier molecular flexibility index (Phi) is 4.04. The van der Waals surface area contributed by atoms with Gasteiger partial charge >= 0.3 is 0 Å². The highest BCUT2D eigenvalue weighted by Crippen LogP contribution is 2.44. The number of benzene rings is 1. The summed E-state index contributed by atoms with van der Waals surface area (Å²) >= 11 is 1.29. The summed E-state index contributed by atoms with van der Waals surface area (Å²) in [6.07, 6.45) is 0.405. The highest BCUT2D eigenvalue weighted by Gasteiger charge is 2.59. The largest absolute Gasteiger partial charge is 0.310 e. The Morgan fingerprint density at radius 1 is 1.21 bits per heavy atom. The van der Waals surface area contributed by atoms with Crippen molar-refractivity contribution in [3.05, 3.63) is 34.8 Å². The molecule has 8 nitrogen and oxygen atoms in total. The first-order chi connectivity index (χ1) is 13.2. The summed E-state index contributed by atoms with van der Waals surface area (Å²) in [5.74, 6) is -0.931. The van der Waals surface area contributed by atoms with Gasteiger partial charge in [0.2, 0.25) is 16.7 Å². The average Bonchev–Trinajstić information content (AvgIpc) is 3.25. The molecule has 3 amide bonds. The van der Waals surface area contributed by atoms with E-state index in [0.717, 1.165) is 5.01 Å². The van der Waals surface area contributed by atoms with Gasteiger partial charge in [0.1, 0.15) is 5.01 Å². The van der Waals surface area contributed by atoms with Gasteiger partial charge in [-0.3, -0.25) is 24.6 Å². The van der Waals surface area contributed by atoms with Crippen LogP contribution < -0.4 is 10.2 Å². The normalized spacial score (nSPS) is 21.6. The number of para-hydroxylation sites is 1. The van der Waals surface area contributed by atoms with E-state index in [4.69, 9.17) is 0 Å². The molecule has 1 atom stereocenters. The highest BCUT2D eigenvalue weighted by molar-refractivity contribution is 7.15. The van der Waals surface area contributed by atoms with Gasteiger partial charge in [-0.1, -0.05) is 44.2 Å². The van der Waals surface area contributed by atoms with E-state index < -0.39 is 11.6 Å². The van der Waals surface area contributed by atoms with Gasteiger partial charge in [-0.15, -0.1) is 10.2 Å². The number of anilines is 2. The second kappa shape index (κ2) is 6.10. The molecule has 28 heavy (non-hydrogen) atoms. The molecular weight excluding hydrogens is 378 g/mol. The van der Waals surface area contributed by atoms with Gasteiger partial charge < -0.3 is 4.90 Å². The summed E-state index contributed by atoms with van der Waals surface area (Å²) in [5.41, 5.74) is -0.716. The van der Waals surface area contributed by atoms with E-state index in [9.17, 15) is 14.4 Å². The lowest BCUT2D eigenvalue weighted by atomic mass is 9.96. The molecule has 0 unspecified atom stereocenters. The number of carbonyl (C=O) groups is 3.